The molecule has 0 saturated heterocycles. The van der Waals surface area contributed by atoms with Gasteiger partial charge < -0.3 is 9.64 Å². The second kappa shape index (κ2) is 5.69. The Morgan fingerprint density at radius 2 is 1.89 bits per heavy atom. The first-order valence-corrected chi connectivity index (χ1v) is 5.80. The van der Waals surface area contributed by atoms with E-state index in [1.807, 2.05) is 18.2 Å². The van der Waals surface area contributed by atoms with Gasteiger partial charge in [-0.25, -0.2) is 4.79 Å². The molecule has 0 unspecified atom stereocenters. The molecule has 1 aromatic carbocycles. The van der Waals surface area contributed by atoms with Crippen LogP contribution in [0.15, 0.2) is 36.9 Å². The molecule has 0 radical (unpaired) electrons. The molecule has 1 rings (SSSR count). The van der Waals surface area contributed by atoms with E-state index in [2.05, 4.69) is 20.7 Å². The summed E-state index contributed by atoms with van der Waals surface area (Å²) in [5, 5.41) is 0. The van der Waals surface area contributed by atoms with Crippen LogP contribution in [0.2, 0.25) is 0 Å². The van der Waals surface area contributed by atoms with Crippen molar-refractivity contribution in [1.29, 1.82) is 0 Å². The van der Waals surface area contributed by atoms with Crippen molar-refractivity contribution in [2.24, 2.45) is 0 Å². The number of hydrogen-bond acceptors (Lipinski definition) is 2. The van der Waals surface area contributed by atoms with Crippen LogP contribution in [-0.2, 0) is 0 Å². The quantitative estimate of drug-likeness (QED) is 0.606. The number of carbonyl (C=O) groups excluding carboxylic acids is 1. The average molecular weight is 249 g/mol. The Labute approximate surface area is 109 Å². The molecule has 18 heavy (non-hydrogen) atoms. The Kier molecular flexibility index (Phi) is 4.50. The van der Waals surface area contributed by atoms with Gasteiger partial charge in [0.2, 0.25) is 0 Å². The Balaban J connectivity index is 2.80. The van der Waals surface area contributed by atoms with Crippen molar-refractivity contribution in [3.63, 3.8) is 0 Å². The zero-order valence-corrected chi connectivity index (χ0v) is 11.5. The van der Waals surface area contributed by atoms with Crippen LogP contribution in [0.25, 0.3) is 0 Å². The number of likely N-dealkylation sites (N-methyl/N-ethyl adjacent to an activating group) is 1. The van der Waals surface area contributed by atoms with E-state index < -0.39 is 0 Å². The standard InChI is InChI=1S/C14H21N2O2/c1-6-11-16(4,5)12-7-9-13(10-8-12)18-14(17)15(2)3/h6-10H,1,11H2,2-5H3/q+1. The molecule has 0 fully saturated rings. The minimum Gasteiger partial charge on any atom is -0.410 e. The predicted molar refractivity (Wildman–Crippen MR) is 74.9 cm³/mol. The van der Waals surface area contributed by atoms with Gasteiger partial charge in [0, 0.05) is 26.2 Å². The summed E-state index contributed by atoms with van der Waals surface area (Å²) in [7, 11) is 7.51. The van der Waals surface area contributed by atoms with E-state index in [1.165, 1.54) is 4.90 Å². The van der Waals surface area contributed by atoms with E-state index in [-0.39, 0.29) is 6.09 Å². The maximum atomic E-state index is 11.4. The molecule has 0 saturated carbocycles. The number of amides is 1. The molecule has 4 heteroatoms. The molecule has 0 aliphatic carbocycles. The molecule has 98 valence electrons. The number of nitrogens with zero attached hydrogens (tertiary/aromatic N) is 2. The highest BCUT2D eigenvalue weighted by Gasteiger charge is 2.17. The summed E-state index contributed by atoms with van der Waals surface area (Å²) in [5.41, 5.74) is 1.14. The zero-order chi connectivity index (χ0) is 13.8. The summed E-state index contributed by atoms with van der Waals surface area (Å²) >= 11 is 0. The summed E-state index contributed by atoms with van der Waals surface area (Å²) in [5.74, 6) is 0.552. The van der Waals surface area contributed by atoms with E-state index in [0.717, 1.165) is 12.2 Å². The second-order valence-corrected chi connectivity index (χ2v) is 4.91. The monoisotopic (exact) mass is 249 g/mol. The van der Waals surface area contributed by atoms with Crippen molar-refractivity contribution < 1.29 is 9.53 Å². The summed E-state index contributed by atoms with van der Waals surface area (Å²) in [6.45, 7) is 4.60. The van der Waals surface area contributed by atoms with E-state index in [0.29, 0.717) is 10.2 Å². The summed E-state index contributed by atoms with van der Waals surface area (Å²) in [4.78, 5) is 12.8. The Morgan fingerprint density at radius 1 is 1.33 bits per heavy atom. The molecule has 0 N–H and O–H groups in total. The van der Waals surface area contributed by atoms with Crippen molar-refractivity contribution in [2.75, 3.05) is 34.7 Å². The van der Waals surface area contributed by atoms with Gasteiger partial charge in [-0.15, -0.1) is 0 Å². The second-order valence-electron chi connectivity index (χ2n) is 4.91. The molecule has 0 spiro atoms. The van der Waals surface area contributed by atoms with Crippen molar-refractivity contribution in [3.05, 3.63) is 36.9 Å². The van der Waals surface area contributed by atoms with Crippen molar-refractivity contribution in [2.45, 2.75) is 0 Å². The van der Waals surface area contributed by atoms with Crippen LogP contribution >= 0.6 is 0 Å². The van der Waals surface area contributed by atoms with Crippen LogP contribution in [0.4, 0.5) is 10.5 Å². The van der Waals surface area contributed by atoms with Crippen LogP contribution in [0.1, 0.15) is 0 Å². The summed E-state index contributed by atoms with van der Waals surface area (Å²) in [6, 6.07) is 7.53. The number of quaternary nitrogens is 1. The van der Waals surface area contributed by atoms with Crippen molar-refractivity contribution >= 4 is 11.8 Å². The maximum absolute atomic E-state index is 11.4. The van der Waals surface area contributed by atoms with Gasteiger partial charge in [-0.2, -0.15) is 0 Å². The van der Waals surface area contributed by atoms with Crippen molar-refractivity contribution in [1.82, 2.24) is 9.38 Å². The van der Waals surface area contributed by atoms with Gasteiger partial charge in [0.1, 0.15) is 18.0 Å². The maximum Gasteiger partial charge on any atom is 0.414 e. The largest absolute Gasteiger partial charge is 0.414 e. The van der Waals surface area contributed by atoms with E-state index in [1.54, 1.807) is 26.2 Å². The number of carbonyl (C=O) groups is 1. The van der Waals surface area contributed by atoms with Gasteiger partial charge >= 0.3 is 6.09 Å². The number of benzene rings is 1. The van der Waals surface area contributed by atoms with Crippen LogP contribution in [0, 0.1) is 0 Å². The molecular formula is C14H21N2O2+. The Bertz CT molecular complexity index is 422. The Morgan fingerprint density at radius 3 is 2.33 bits per heavy atom. The molecule has 0 atom stereocenters. The average Bonchev–Trinajstić information content (AvgIpc) is 2.29. The third-order valence-electron chi connectivity index (χ3n) is 2.69. The fraction of sp³-hybridized carbons (Fsp3) is 0.357. The van der Waals surface area contributed by atoms with Gasteiger partial charge in [0.15, 0.2) is 0 Å². The van der Waals surface area contributed by atoms with Crippen LogP contribution in [-0.4, -0.2) is 45.7 Å². The number of hydrogen-bond donors (Lipinski definition) is 0. The molecule has 0 heterocycles. The lowest BCUT2D eigenvalue weighted by molar-refractivity contribution is 0.172. The molecule has 1 amide bonds. The van der Waals surface area contributed by atoms with Gasteiger partial charge in [0.25, 0.3) is 0 Å². The fourth-order valence-corrected chi connectivity index (χ4v) is 1.54. The highest BCUT2D eigenvalue weighted by molar-refractivity contribution is 5.70. The normalized spacial score (nSPS) is 10.9. The summed E-state index contributed by atoms with van der Waals surface area (Å²) < 4.78 is 5.88. The topological polar surface area (TPSA) is 29.5 Å². The van der Waals surface area contributed by atoms with Crippen LogP contribution in [0.5, 0.6) is 5.75 Å². The third-order valence-corrected chi connectivity index (χ3v) is 2.69. The van der Waals surface area contributed by atoms with Gasteiger partial charge in [0.05, 0.1) is 14.1 Å². The minimum absolute atomic E-state index is 0.373. The third kappa shape index (κ3) is 3.60. The van der Waals surface area contributed by atoms with Crippen LogP contribution in [0.3, 0.4) is 0 Å². The van der Waals surface area contributed by atoms with Gasteiger partial charge in [-0.1, -0.05) is 6.58 Å². The number of rotatable bonds is 4. The molecule has 4 nitrogen and oxygen atoms in total. The fourth-order valence-electron chi connectivity index (χ4n) is 1.54. The molecule has 0 aromatic heterocycles. The van der Waals surface area contributed by atoms with E-state index in [4.69, 9.17) is 4.74 Å². The molecule has 0 bridgehead atoms. The zero-order valence-electron chi connectivity index (χ0n) is 11.5. The predicted octanol–water partition coefficient (Wildman–Crippen LogP) is 2.50. The molecular weight excluding hydrogens is 228 g/mol. The molecule has 0 aliphatic rings. The molecule has 0 aliphatic heterocycles. The lowest BCUT2D eigenvalue weighted by atomic mass is 10.2. The van der Waals surface area contributed by atoms with Crippen molar-refractivity contribution in [3.8, 4) is 5.75 Å². The van der Waals surface area contributed by atoms with Crippen LogP contribution < -0.4 is 9.22 Å². The first kappa shape index (κ1) is 14.3. The SMILES string of the molecule is C=CC[N+](C)(C)c1ccc(OC(=O)N(C)C)cc1. The highest BCUT2D eigenvalue weighted by atomic mass is 16.6. The van der Waals surface area contributed by atoms with Gasteiger partial charge in [-0.05, 0) is 18.2 Å². The first-order valence-electron chi connectivity index (χ1n) is 5.80. The van der Waals surface area contributed by atoms with E-state index in [9.17, 15) is 4.79 Å². The lowest BCUT2D eigenvalue weighted by Crippen LogP contribution is -2.40. The first-order chi connectivity index (χ1) is 8.36. The summed E-state index contributed by atoms with van der Waals surface area (Å²) in [6.07, 6.45) is 1.52. The highest BCUT2D eigenvalue weighted by Crippen LogP contribution is 2.22. The smallest absolute Gasteiger partial charge is 0.410 e. The minimum atomic E-state index is -0.373. The Hall–Kier alpha value is -1.81. The number of ether oxygens (including phenoxy) is 1. The molecule has 1 aromatic rings. The lowest BCUT2D eigenvalue weighted by Gasteiger charge is -2.27. The van der Waals surface area contributed by atoms with Gasteiger partial charge in [-0.3, -0.25) is 4.48 Å². The van der Waals surface area contributed by atoms with E-state index >= 15 is 0 Å².